The first-order chi connectivity index (χ1) is 23.7. The maximum Gasteiger partial charge on any atom is 0.417 e. The third-order valence-electron chi connectivity index (χ3n) is 11.8. The standard InChI is InChI=1S/C39H40F5N5O/c1-19-5-6-22-10-28(34-30-16-47-48-31(30)9-20(2)35(34)39(42,43)44)36(41)29-13-25(50-17-24-14-38(7-8-38)18-49(24)4)12-27(33(22)29)32(19)21(3)26-11-23(40)15-46-37(26)45/h9-13,15-16,19,21,24,32H,5-8,14,17-18H2,1-4H3,(H2,45,46)(H,47,48)/t19-,21-,24-,32?/m0/s1. The van der Waals surface area contributed by atoms with Crippen molar-refractivity contribution in [3.8, 4) is 16.9 Å². The molecule has 6 nitrogen and oxygen atoms in total. The van der Waals surface area contributed by atoms with E-state index in [1.807, 2.05) is 13.0 Å². The quantitative estimate of drug-likeness (QED) is 0.174. The minimum Gasteiger partial charge on any atom is -0.492 e. The van der Waals surface area contributed by atoms with Crippen molar-refractivity contribution in [3.63, 3.8) is 0 Å². The Kier molecular flexibility index (Phi) is 7.67. The Hall–Kier alpha value is -4.25. The van der Waals surface area contributed by atoms with Gasteiger partial charge in [-0.25, -0.2) is 13.8 Å². The van der Waals surface area contributed by atoms with Crippen molar-refractivity contribution in [1.29, 1.82) is 0 Å². The van der Waals surface area contributed by atoms with Crippen molar-refractivity contribution >= 4 is 27.5 Å². The number of pyridine rings is 1. The second-order valence-corrected chi connectivity index (χ2v) is 15.1. The molecule has 3 N–H and O–H groups in total. The Labute approximate surface area is 287 Å². The maximum absolute atomic E-state index is 17.4. The highest BCUT2D eigenvalue weighted by atomic mass is 19.4. The van der Waals surface area contributed by atoms with Gasteiger partial charge in [0, 0.05) is 40.0 Å². The zero-order valence-electron chi connectivity index (χ0n) is 28.5. The Morgan fingerprint density at radius 1 is 1.10 bits per heavy atom. The Balaban J connectivity index is 1.35. The van der Waals surface area contributed by atoms with Crippen molar-refractivity contribution < 1.29 is 26.7 Å². The van der Waals surface area contributed by atoms with E-state index < -0.39 is 23.4 Å². The molecule has 8 rings (SSSR count). The monoisotopic (exact) mass is 689 g/mol. The molecule has 11 heteroatoms. The topological polar surface area (TPSA) is 80.1 Å². The number of nitrogens with one attached hydrogen (secondary N) is 1. The van der Waals surface area contributed by atoms with Crippen molar-refractivity contribution in [1.82, 2.24) is 20.1 Å². The highest BCUT2D eigenvalue weighted by Crippen LogP contribution is 2.55. The number of fused-ring (bicyclic) bond motifs is 1. The molecule has 2 aromatic heterocycles. The van der Waals surface area contributed by atoms with Gasteiger partial charge in [0.2, 0.25) is 0 Å². The van der Waals surface area contributed by atoms with E-state index in [4.69, 9.17) is 10.5 Å². The molecule has 5 aromatic rings. The summed E-state index contributed by atoms with van der Waals surface area (Å²) in [5, 5.41) is 7.85. The molecule has 50 heavy (non-hydrogen) atoms. The van der Waals surface area contributed by atoms with Crippen LogP contribution in [0.4, 0.5) is 27.8 Å². The number of aromatic nitrogens is 3. The molecule has 1 saturated heterocycles. The lowest BCUT2D eigenvalue weighted by molar-refractivity contribution is -0.137. The second-order valence-electron chi connectivity index (χ2n) is 15.1. The predicted molar refractivity (Wildman–Crippen MR) is 184 cm³/mol. The number of nitrogens with two attached hydrogens (primary N) is 1. The van der Waals surface area contributed by atoms with Gasteiger partial charge in [0.25, 0.3) is 0 Å². The third-order valence-corrected chi connectivity index (χ3v) is 11.8. The van der Waals surface area contributed by atoms with Crippen LogP contribution in [0, 0.1) is 29.9 Å². The van der Waals surface area contributed by atoms with E-state index in [2.05, 4.69) is 34.1 Å². The number of alkyl halides is 3. The molecule has 1 spiro atoms. The molecule has 262 valence electrons. The lowest BCUT2D eigenvalue weighted by atomic mass is 9.74. The number of benzene rings is 3. The second kappa shape index (κ2) is 11.6. The maximum atomic E-state index is 17.4. The molecule has 4 atom stereocenters. The largest absolute Gasteiger partial charge is 0.492 e. The predicted octanol–water partition coefficient (Wildman–Crippen LogP) is 9.30. The molecule has 3 aliphatic rings. The van der Waals surface area contributed by atoms with Crippen LogP contribution in [-0.2, 0) is 12.6 Å². The molecule has 0 bridgehead atoms. The third kappa shape index (κ3) is 5.39. The lowest BCUT2D eigenvalue weighted by Crippen LogP contribution is -2.30. The summed E-state index contributed by atoms with van der Waals surface area (Å²) in [5.41, 5.74) is 7.92. The van der Waals surface area contributed by atoms with Crippen molar-refractivity contribution in [2.45, 2.75) is 76.9 Å². The number of hydrogen-bond donors (Lipinski definition) is 2. The van der Waals surface area contributed by atoms with E-state index in [-0.39, 0.29) is 57.1 Å². The summed E-state index contributed by atoms with van der Waals surface area (Å²) in [6, 6.07) is 8.21. The van der Waals surface area contributed by atoms with Gasteiger partial charge in [-0.1, -0.05) is 13.8 Å². The normalized spacial score (nSPS) is 22.4. The number of hydrogen-bond acceptors (Lipinski definition) is 5. The first-order valence-electron chi connectivity index (χ1n) is 17.3. The summed E-state index contributed by atoms with van der Waals surface area (Å²) >= 11 is 0. The van der Waals surface area contributed by atoms with Crippen LogP contribution in [0.15, 0.2) is 42.7 Å². The summed E-state index contributed by atoms with van der Waals surface area (Å²) in [4.78, 5) is 6.40. The fraction of sp³-hybridized carbons (Fsp3) is 0.436. The Morgan fingerprint density at radius 3 is 2.60 bits per heavy atom. The van der Waals surface area contributed by atoms with E-state index in [1.54, 1.807) is 12.1 Å². The van der Waals surface area contributed by atoms with Crippen LogP contribution in [0.5, 0.6) is 5.75 Å². The minimum absolute atomic E-state index is 0.0194. The number of rotatable bonds is 6. The summed E-state index contributed by atoms with van der Waals surface area (Å²) in [5.74, 6) is -1.11. The van der Waals surface area contributed by atoms with E-state index in [9.17, 15) is 17.6 Å². The molecule has 1 aliphatic heterocycles. The van der Waals surface area contributed by atoms with E-state index in [1.165, 1.54) is 38.1 Å². The molecule has 2 aliphatic carbocycles. The SMILES string of the molecule is Cc1cc2[nH]ncc2c(-c2cc3c4c(cc(OC[C@@H]5CC6(CC6)CN5C)cc4c2F)C([C@@H](C)c2cc(F)cnc2N)[C@@H](C)CC3)c1C(F)(F)F. The van der Waals surface area contributed by atoms with Crippen LogP contribution in [0.2, 0.25) is 0 Å². The fourth-order valence-corrected chi connectivity index (χ4v) is 9.17. The number of likely N-dealkylation sites (tertiary alicyclic amines) is 1. The fourth-order valence-electron chi connectivity index (χ4n) is 9.17. The molecule has 3 heterocycles. The first kappa shape index (κ1) is 32.9. The van der Waals surface area contributed by atoms with Crippen molar-refractivity contribution in [2.24, 2.45) is 11.3 Å². The van der Waals surface area contributed by atoms with Crippen LogP contribution in [-0.4, -0.2) is 46.3 Å². The number of aryl methyl sites for hydroxylation is 2. The number of ether oxygens (including phenoxy) is 1. The molecular formula is C39H40F5N5O. The number of nitrogen functional groups attached to an aromatic ring is 1. The zero-order valence-corrected chi connectivity index (χ0v) is 28.5. The average Bonchev–Trinajstić information content (AvgIpc) is 3.55. The van der Waals surface area contributed by atoms with Crippen molar-refractivity contribution in [3.05, 3.63) is 82.2 Å². The number of halogens is 5. The lowest BCUT2D eigenvalue weighted by Gasteiger charge is -2.31. The number of aromatic amines is 1. The average molecular weight is 690 g/mol. The first-order valence-corrected chi connectivity index (χ1v) is 17.3. The summed E-state index contributed by atoms with van der Waals surface area (Å²) in [6.07, 6.45) is 2.30. The van der Waals surface area contributed by atoms with Gasteiger partial charge in [-0.05, 0) is 122 Å². The van der Waals surface area contributed by atoms with Gasteiger partial charge in [-0.3, -0.25) is 10.00 Å². The van der Waals surface area contributed by atoms with Crippen LogP contribution in [0.1, 0.15) is 79.2 Å². The van der Waals surface area contributed by atoms with E-state index in [0.29, 0.717) is 47.1 Å². The van der Waals surface area contributed by atoms with Gasteiger partial charge in [0.05, 0.1) is 23.5 Å². The van der Waals surface area contributed by atoms with E-state index in [0.717, 1.165) is 30.3 Å². The van der Waals surface area contributed by atoms with E-state index >= 15 is 4.39 Å². The molecule has 0 amide bonds. The number of anilines is 1. The van der Waals surface area contributed by atoms with Crippen LogP contribution >= 0.6 is 0 Å². The Morgan fingerprint density at radius 2 is 1.88 bits per heavy atom. The van der Waals surface area contributed by atoms with Gasteiger partial charge < -0.3 is 10.5 Å². The molecule has 0 radical (unpaired) electrons. The van der Waals surface area contributed by atoms with Crippen LogP contribution in [0.3, 0.4) is 0 Å². The molecular weight excluding hydrogens is 649 g/mol. The summed E-state index contributed by atoms with van der Waals surface area (Å²) < 4.78 is 82.8. The van der Waals surface area contributed by atoms with Gasteiger partial charge in [0.1, 0.15) is 29.8 Å². The summed E-state index contributed by atoms with van der Waals surface area (Å²) in [6.45, 7) is 6.89. The summed E-state index contributed by atoms with van der Waals surface area (Å²) in [7, 11) is 2.10. The molecule has 3 aromatic carbocycles. The van der Waals surface area contributed by atoms with Gasteiger partial charge in [-0.2, -0.15) is 18.3 Å². The highest BCUT2D eigenvalue weighted by molar-refractivity contribution is 6.02. The van der Waals surface area contributed by atoms with Crippen LogP contribution < -0.4 is 10.5 Å². The number of nitrogens with zero attached hydrogens (tertiary/aromatic N) is 3. The Bertz CT molecular complexity index is 2160. The minimum atomic E-state index is -4.74. The zero-order chi connectivity index (χ0) is 35.3. The molecule has 1 saturated carbocycles. The number of H-pyrrole nitrogens is 1. The molecule has 1 unspecified atom stereocenters. The highest BCUT2D eigenvalue weighted by Gasteiger charge is 2.51. The van der Waals surface area contributed by atoms with Gasteiger partial charge >= 0.3 is 6.18 Å². The molecule has 2 fully saturated rings. The smallest absolute Gasteiger partial charge is 0.417 e. The van der Waals surface area contributed by atoms with Crippen molar-refractivity contribution in [2.75, 3.05) is 25.9 Å². The van der Waals surface area contributed by atoms with Gasteiger partial charge in [0.15, 0.2) is 0 Å². The number of likely N-dealkylation sites (N-methyl/N-ethyl adjacent to an activating group) is 1. The van der Waals surface area contributed by atoms with Gasteiger partial charge in [-0.15, -0.1) is 0 Å². The van der Waals surface area contributed by atoms with Crippen LogP contribution in [0.25, 0.3) is 32.8 Å².